The number of esters is 1. The van der Waals surface area contributed by atoms with Gasteiger partial charge in [-0.05, 0) is 12.1 Å². The summed E-state index contributed by atoms with van der Waals surface area (Å²) < 4.78 is 5.27. The maximum atomic E-state index is 12.3. The van der Waals surface area contributed by atoms with E-state index in [1.807, 2.05) is 18.2 Å². The molecule has 0 aliphatic carbocycles. The lowest BCUT2D eigenvalue weighted by Gasteiger charge is -2.35. The van der Waals surface area contributed by atoms with Gasteiger partial charge < -0.3 is 14.4 Å². The van der Waals surface area contributed by atoms with E-state index < -0.39 is 11.9 Å². The Labute approximate surface area is 171 Å². The quantitative estimate of drug-likeness (QED) is 0.282. The number of nitrogens with zero attached hydrogens (tertiary/aromatic N) is 2. The number of aldehydes is 1. The number of para-hydroxylation sites is 1. The minimum absolute atomic E-state index is 0.223. The Hall–Kier alpha value is -2.99. The van der Waals surface area contributed by atoms with Crippen molar-refractivity contribution in [1.29, 1.82) is 0 Å². The molecule has 1 atom stereocenters. The van der Waals surface area contributed by atoms with Crippen LogP contribution in [0.2, 0.25) is 0 Å². The van der Waals surface area contributed by atoms with Crippen molar-refractivity contribution < 1.29 is 19.1 Å². The minimum Gasteiger partial charge on any atom is -0.464 e. The third-order valence-corrected chi connectivity index (χ3v) is 5.11. The molecule has 0 N–H and O–H groups in total. The van der Waals surface area contributed by atoms with Gasteiger partial charge in [-0.25, -0.2) is 0 Å². The molecule has 1 aliphatic heterocycles. The number of ketones is 1. The average molecular weight is 394 g/mol. The van der Waals surface area contributed by atoms with Crippen molar-refractivity contribution in [2.75, 3.05) is 44.2 Å². The van der Waals surface area contributed by atoms with E-state index in [-0.39, 0.29) is 18.8 Å². The molecule has 0 saturated carbocycles. The number of hydrogen-bond donors (Lipinski definition) is 0. The second kappa shape index (κ2) is 10.5. The van der Waals surface area contributed by atoms with Crippen LogP contribution in [0.25, 0.3) is 0 Å². The van der Waals surface area contributed by atoms with E-state index in [0.29, 0.717) is 18.4 Å². The van der Waals surface area contributed by atoms with Gasteiger partial charge in [-0.3, -0.25) is 14.5 Å². The molecule has 2 aromatic carbocycles. The average Bonchev–Trinajstić information content (AvgIpc) is 2.78. The highest BCUT2D eigenvalue weighted by molar-refractivity contribution is 6.06. The summed E-state index contributed by atoms with van der Waals surface area (Å²) in [6.07, 6.45) is 0.304. The fourth-order valence-corrected chi connectivity index (χ4v) is 3.41. The normalized spacial score (nSPS) is 15.5. The summed E-state index contributed by atoms with van der Waals surface area (Å²) in [6.45, 7) is 4.56. The van der Waals surface area contributed by atoms with Crippen LogP contribution in [0, 0.1) is 5.92 Å². The van der Waals surface area contributed by atoms with Crippen molar-refractivity contribution in [2.24, 2.45) is 5.92 Å². The zero-order valence-electron chi connectivity index (χ0n) is 16.4. The molecule has 0 radical (unpaired) electrons. The van der Waals surface area contributed by atoms with Crippen molar-refractivity contribution in [2.45, 2.75) is 6.42 Å². The lowest BCUT2D eigenvalue weighted by molar-refractivity contribution is -0.145. The predicted octanol–water partition coefficient (Wildman–Crippen LogP) is 2.44. The first-order valence-corrected chi connectivity index (χ1v) is 9.90. The number of ether oxygens (including phenoxy) is 1. The van der Waals surface area contributed by atoms with Crippen LogP contribution in [0.3, 0.4) is 0 Å². The first kappa shape index (κ1) is 20.7. The van der Waals surface area contributed by atoms with Crippen molar-refractivity contribution in [3.63, 3.8) is 0 Å². The summed E-state index contributed by atoms with van der Waals surface area (Å²) in [7, 11) is 0. The molecule has 0 amide bonds. The van der Waals surface area contributed by atoms with Crippen molar-refractivity contribution in [1.82, 2.24) is 4.90 Å². The minimum atomic E-state index is -1.00. The van der Waals surface area contributed by atoms with Gasteiger partial charge in [-0.15, -0.1) is 0 Å². The molecule has 1 aliphatic rings. The van der Waals surface area contributed by atoms with E-state index in [4.69, 9.17) is 4.74 Å². The number of hydrogen-bond acceptors (Lipinski definition) is 6. The molecule has 2 aromatic rings. The third kappa shape index (κ3) is 5.99. The molecule has 1 heterocycles. The maximum absolute atomic E-state index is 12.3. The van der Waals surface area contributed by atoms with E-state index in [1.165, 1.54) is 5.69 Å². The SMILES string of the molecule is O=CC(CC(=O)OCCN1CCN(c2ccccc2)CC1)C(=O)c1ccccc1. The highest BCUT2D eigenvalue weighted by Gasteiger charge is 2.23. The Morgan fingerprint density at radius 1 is 0.931 bits per heavy atom. The molecule has 6 heteroatoms. The summed E-state index contributed by atoms with van der Waals surface area (Å²) in [5, 5.41) is 0. The molecule has 1 unspecified atom stereocenters. The summed E-state index contributed by atoms with van der Waals surface area (Å²) >= 11 is 0. The van der Waals surface area contributed by atoms with Gasteiger partial charge in [-0.2, -0.15) is 0 Å². The van der Waals surface area contributed by atoms with Crippen LogP contribution in [-0.4, -0.2) is 62.3 Å². The van der Waals surface area contributed by atoms with Crippen LogP contribution < -0.4 is 4.90 Å². The predicted molar refractivity (Wildman–Crippen MR) is 111 cm³/mol. The number of Topliss-reactive ketones (excluding diaryl/α,β-unsaturated/α-hetero) is 1. The number of piperazine rings is 1. The lowest BCUT2D eigenvalue weighted by Crippen LogP contribution is -2.47. The molecule has 1 fully saturated rings. The van der Waals surface area contributed by atoms with Crippen LogP contribution in [0.5, 0.6) is 0 Å². The van der Waals surface area contributed by atoms with Crippen LogP contribution in [-0.2, 0) is 14.3 Å². The molecule has 0 aromatic heterocycles. The van der Waals surface area contributed by atoms with Gasteiger partial charge in [0, 0.05) is 44.0 Å². The molecule has 29 heavy (non-hydrogen) atoms. The first-order chi connectivity index (χ1) is 14.2. The largest absolute Gasteiger partial charge is 0.464 e. The topological polar surface area (TPSA) is 66.9 Å². The van der Waals surface area contributed by atoms with Crippen LogP contribution in [0.15, 0.2) is 60.7 Å². The van der Waals surface area contributed by atoms with E-state index in [2.05, 4.69) is 21.9 Å². The van der Waals surface area contributed by atoms with Gasteiger partial charge in [0.25, 0.3) is 0 Å². The molecule has 152 valence electrons. The summed E-state index contributed by atoms with van der Waals surface area (Å²) in [5.74, 6) is -1.87. The summed E-state index contributed by atoms with van der Waals surface area (Å²) in [4.78, 5) is 40.3. The van der Waals surface area contributed by atoms with E-state index in [9.17, 15) is 14.4 Å². The van der Waals surface area contributed by atoms with Crippen LogP contribution >= 0.6 is 0 Å². The lowest BCUT2D eigenvalue weighted by atomic mass is 9.96. The number of rotatable bonds is 9. The molecular weight excluding hydrogens is 368 g/mol. The Bertz CT molecular complexity index is 802. The number of anilines is 1. The fraction of sp³-hybridized carbons (Fsp3) is 0.348. The fourth-order valence-electron chi connectivity index (χ4n) is 3.41. The van der Waals surface area contributed by atoms with Gasteiger partial charge in [0.1, 0.15) is 12.9 Å². The van der Waals surface area contributed by atoms with Crippen molar-refractivity contribution >= 4 is 23.7 Å². The van der Waals surface area contributed by atoms with Crippen molar-refractivity contribution in [3.05, 3.63) is 66.2 Å². The van der Waals surface area contributed by atoms with Crippen LogP contribution in [0.1, 0.15) is 16.8 Å². The smallest absolute Gasteiger partial charge is 0.307 e. The highest BCUT2D eigenvalue weighted by atomic mass is 16.5. The van der Waals surface area contributed by atoms with Gasteiger partial charge in [0.15, 0.2) is 5.78 Å². The number of carbonyl (C=O) groups excluding carboxylic acids is 3. The van der Waals surface area contributed by atoms with Gasteiger partial charge in [0.2, 0.25) is 0 Å². The van der Waals surface area contributed by atoms with Crippen molar-refractivity contribution in [3.8, 4) is 0 Å². The molecule has 0 spiro atoms. The van der Waals surface area contributed by atoms with Gasteiger partial charge >= 0.3 is 5.97 Å². The van der Waals surface area contributed by atoms with E-state index in [0.717, 1.165) is 26.2 Å². The van der Waals surface area contributed by atoms with E-state index in [1.54, 1.807) is 30.3 Å². The molecule has 3 rings (SSSR count). The maximum Gasteiger partial charge on any atom is 0.307 e. The van der Waals surface area contributed by atoms with E-state index >= 15 is 0 Å². The molecule has 0 bridgehead atoms. The zero-order valence-corrected chi connectivity index (χ0v) is 16.4. The summed E-state index contributed by atoms with van der Waals surface area (Å²) in [6, 6.07) is 18.8. The Kier molecular flexibility index (Phi) is 7.53. The van der Waals surface area contributed by atoms with Crippen LogP contribution in [0.4, 0.5) is 5.69 Å². The first-order valence-electron chi connectivity index (χ1n) is 9.90. The molecular formula is C23H26N2O4. The third-order valence-electron chi connectivity index (χ3n) is 5.11. The van der Waals surface area contributed by atoms with Gasteiger partial charge in [0.05, 0.1) is 12.3 Å². The summed E-state index contributed by atoms with van der Waals surface area (Å²) in [5.41, 5.74) is 1.65. The zero-order chi connectivity index (χ0) is 20.5. The Morgan fingerprint density at radius 3 is 2.17 bits per heavy atom. The Morgan fingerprint density at radius 2 is 1.55 bits per heavy atom. The highest BCUT2D eigenvalue weighted by Crippen LogP contribution is 2.15. The molecule has 6 nitrogen and oxygen atoms in total. The molecule has 1 saturated heterocycles. The second-order valence-electron chi connectivity index (χ2n) is 7.06. The number of carbonyl (C=O) groups is 3. The monoisotopic (exact) mass is 394 g/mol. The standard InChI is InChI=1S/C23H26N2O4/c26-18-20(23(28)19-7-3-1-4-8-19)17-22(27)29-16-15-24-11-13-25(14-12-24)21-9-5-2-6-10-21/h1-10,18,20H,11-17H2. The second-order valence-corrected chi connectivity index (χ2v) is 7.06. The number of benzene rings is 2. The Balaban J connectivity index is 1.37. The van der Waals surface area contributed by atoms with Gasteiger partial charge in [-0.1, -0.05) is 48.5 Å².